The van der Waals surface area contributed by atoms with Gasteiger partial charge in [0, 0.05) is 16.8 Å². The fraction of sp³-hybridized carbons (Fsp3) is 0.333. The molecule has 4 atom stereocenters. The maximum absolute atomic E-state index is 12.5. The lowest BCUT2D eigenvalue weighted by atomic mass is 9.82. The Labute approximate surface area is 126 Å². The SMILES string of the molecule is CSc1ccccc1NC(=O)[C@H]1[C@@H](C(=O)[O-])[C@@H]2C=C[C@H]1O2. The summed E-state index contributed by atoms with van der Waals surface area (Å²) in [4.78, 5) is 24.7. The molecule has 2 aliphatic heterocycles. The molecule has 0 unspecified atom stereocenters. The molecule has 0 radical (unpaired) electrons. The number of carboxylic acid groups (broad SMARTS) is 1. The standard InChI is InChI=1S/C15H15NO4S/c1-21-11-5-3-2-4-8(11)16-14(17)12-9-6-7-10(20-9)13(12)15(18)19/h2-7,9-10,12-13H,1H3,(H,16,17)(H,18,19)/p-1/t9-,10+,12-,13+/m1/s1. The second kappa shape index (κ2) is 5.54. The molecular formula is C15H14NO4S-. The van der Waals surface area contributed by atoms with E-state index in [4.69, 9.17) is 4.74 Å². The Bertz CT molecular complexity index is 615. The van der Waals surface area contributed by atoms with Crippen LogP contribution in [0.5, 0.6) is 0 Å². The van der Waals surface area contributed by atoms with E-state index >= 15 is 0 Å². The monoisotopic (exact) mass is 304 g/mol. The van der Waals surface area contributed by atoms with Crippen LogP contribution in [0.4, 0.5) is 5.69 Å². The third kappa shape index (κ3) is 2.45. The van der Waals surface area contributed by atoms with Gasteiger partial charge in [0.05, 0.1) is 23.8 Å². The van der Waals surface area contributed by atoms with Gasteiger partial charge in [-0.25, -0.2) is 0 Å². The van der Waals surface area contributed by atoms with Crippen LogP contribution >= 0.6 is 11.8 Å². The summed E-state index contributed by atoms with van der Waals surface area (Å²) in [6.45, 7) is 0. The number of anilines is 1. The topological polar surface area (TPSA) is 78.5 Å². The second-order valence-corrected chi connectivity index (χ2v) is 5.86. The van der Waals surface area contributed by atoms with E-state index in [2.05, 4.69) is 5.32 Å². The number of fused-ring (bicyclic) bond motifs is 2. The molecule has 2 aliphatic rings. The van der Waals surface area contributed by atoms with Crippen molar-refractivity contribution >= 4 is 29.3 Å². The Morgan fingerprint density at radius 1 is 1.19 bits per heavy atom. The zero-order valence-corrected chi connectivity index (χ0v) is 12.1. The number of thioether (sulfide) groups is 1. The summed E-state index contributed by atoms with van der Waals surface area (Å²) in [6, 6.07) is 7.40. The Hall–Kier alpha value is -1.79. The number of benzene rings is 1. The first-order chi connectivity index (χ1) is 10.1. The summed E-state index contributed by atoms with van der Waals surface area (Å²) in [5.41, 5.74) is 0.679. The average molecular weight is 304 g/mol. The maximum Gasteiger partial charge on any atom is 0.231 e. The first-order valence-electron chi connectivity index (χ1n) is 6.60. The Kier molecular flexibility index (Phi) is 3.73. The highest BCUT2D eigenvalue weighted by Gasteiger charge is 2.50. The van der Waals surface area contributed by atoms with Gasteiger partial charge in [-0.3, -0.25) is 4.79 Å². The molecule has 1 saturated heterocycles. The van der Waals surface area contributed by atoms with Crippen molar-refractivity contribution < 1.29 is 19.4 Å². The minimum Gasteiger partial charge on any atom is -0.550 e. The third-order valence-corrected chi connectivity index (χ3v) is 4.64. The quantitative estimate of drug-likeness (QED) is 0.653. The van der Waals surface area contributed by atoms with E-state index in [0.29, 0.717) is 5.69 Å². The van der Waals surface area contributed by atoms with Crippen LogP contribution in [0.3, 0.4) is 0 Å². The van der Waals surface area contributed by atoms with Crippen molar-refractivity contribution in [2.45, 2.75) is 17.1 Å². The highest BCUT2D eigenvalue weighted by molar-refractivity contribution is 7.98. The smallest absolute Gasteiger partial charge is 0.231 e. The summed E-state index contributed by atoms with van der Waals surface area (Å²) in [7, 11) is 0. The van der Waals surface area contributed by atoms with Gasteiger partial charge in [0.2, 0.25) is 5.91 Å². The molecule has 0 spiro atoms. The molecule has 1 amide bonds. The predicted octanol–water partition coefficient (Wildman–Crippen LogP) is 0.666. The lowest BCUT2D eigenvalue weighted by Crippen LogP contribution is -2.45. The first-order valence-corrected chi connectivity index (χ1v) is 7.83. The molecular weight excluding hydrogens is 290 g/mol. The van der Waals surface area contributed by atoms with Gasteiger partial charge in [-0.05, 0) is 18.4 Å². The highest BCUT2D eigenvalue weighted by Crippen LogP contribution is 2.39. The van der Waals surface area contributed by atoms with E-state index in [9.17, 15) is 14.7 Å². The number of para-hydroxylation sites is 1. The van der Waals surface area contributed by atoms with Crippen molar-refractivity contribution in [1.82, 2.24) is 0 Å². The summed E-state index contributed by atoms with van der Waals surface area (Å²) in [5.74, 6) is -3.27. The van der Waals surface area contributed by atoms with Crippen molar-refractivity contribution in [1.29, 1.82) is 0 Å². The van der Waals surface area contributed by atoms with E-state index in [1.54, 1.807) is 18.2 Å². The van der Waals surface area contributed by atoms with Crippen LogP contribution in [0.1, 0.15) is 0 Å². The van der Waals surface area contributed by atoms with E-state index in [0.717, 1.165) is 4.90 Å². The minimum absolute atomic E-state index is 0.345. The van der Waals surface area contributed by atoms with Crippen LogP contribution in [-0.4, -0.2) is 30.3 Å². The van der Waals surface area contributed by atoms with Crippen LogP contribution in [0.2, 0.25) is 0 Å². The largest absolute Gasteiger partial charge is 0.550 e. The molecule has 0 saturated carbocycles. The molecule has 2 heterocycles. The molecule has 5 nitrogen and oxygen atoms in total. The molecule has 1 fully saturated rings. The number of carbonyl (C=O) groups is 2. The van der Waals surface area contributed by atoms with Crippen molar-refractivity contribution in [3.05, 3.63) is 36.4 Å². The van der Waals surface area contributed by atoms with Crippen molar-refractivity contribution in [2.24, 2.45) is 11.8 Å². The molecule has 110 valence electrons. The third-order valence-electron chi connectivity index (χ3n) is 3.84. The van der Waals surface area contributed by atoms with Crippen LogP contribution in [0, 0.1) is 11.8 Å². The van der Waals surface area contributed by atoms with Gasteiger partial charge in [-0.15, -0.1) is 11.8 Å². The van der Waals surface area contributed by atoms with E-state index in [1.807, 2.05) is 24.5 Å². The van der Waals surface area contributed by atoms with Gasteiger partial charge in [-0.2, -0.15) is 0 Å². The highest BCUT2D eigenvalue weighted by atomic mass is 32.2. The van der Waals surface area contributed by atoms with E-state index in [-0.39, 0.29) is 5.91 Å². The summed E-state index contributed by atoms with van der Waals surface area (Å²) in [5, 5.41) is 14.1. The average Bonchev–Trinajstić information content (AvgIpc) is 3.08. The molecule has 0 aromatic heterocycles. The van der Waals surface area contributed by atoms with Gasteiger partial charge in [0.25, 0.3) is 0 Å². The van der Waals surface area contributed by atoms with Crippen molar-refractivity contribution in [2.75, 3.05) is 11.6 Å². The number of carbonyl (C=O) groups excluding carboxylic acids is 2. The van der Waals surface area contributed by atoms with E-state index in [1.165, 1.54) is 11.8 Å². The zero-order valence-electron chi connectivity index (χ0n) is 11.3. The second-order valence-electron chi connectivity index (χ2n) is 5.01. The van der Waals surface area contributed by atoms with Crippen LogP contribution in [0.25, 0.3) is 0 Å². The van der Waals surface area contributed by atoms with Crippen LogP contribution in [-0.2, 0) is 14.3 Å². The number of aliphatic carboxylic acids is 1. The van der Waals surface area contributed by atoms with Gasteiger partial charge >= 0.3 is 0 Å². The molecule has 1 N–H and O–H groups in total. The molecule has 2 bridgehead atoms. The zero-order chi connectivity index (χ0) is 15.0. The summed E-state index contributed by atoms with van der Waals surface area (Å²) < 4.78 is 5.48. The number of hydrogen-bond acceptors (Lipinski definition) is 5. The van der Waals surface area contributed by atoms with Gasteiger partial charge < -0.3 is 20.0 Å². The van der Waals surface area contributed by atoms with Gasteiger partial charge in [-0.1, -0.05) is 24.3 Å². The van der Waals surface area contributed by atoms with Gasteiger partial charge in [0.1, 0.15) is 0 Å². The van der Waals surface area contributed by atoms with Gasteiger partial charge in [0.15, 0.2) is 0 Å². The van der Waals surface area contributed by atoms with Crippen molar-refractivity contribution in [3.63, 3.8) is 0 Å². The first kappa shape index (κ1) is 14.2. The minimum atomic E-state index is -1.25. The number of hydrogen-bond donors (Lipinski definition) is 1. The molecule has 21 heavy (non-hydrogen) atoms. The maximum atomic E-state index is 12.5. The predicted molar refractivity (Wildman–Crippen MR) is 76.6 cm³/mol. The van der Waals surface area contributed by atoms with Crippen molar-refractivity contribution in [3.8, 4) is 0 Å². The summed E-state index contributed by atoms with van der Waals surface area (Å²) >= 11 is 1.51. The molecule has 3 rings (SSSR count). The number of carboxylic acids is 1. The van der Waals surface area contributed by atoms with E-state index < -0.39 is 30.0 Å². The Morgan fingerprint density at radius 3 is 2.52 bits per heavy atom. The summed E-state index contributed by atoms with van der Waals surface area (Å²) in [6.07, 6.45) is 4.30. The molecule has 0 aliphatic carbocycles. The van der Waals surface area contributed by atoms with Crippen LogP contribution < -0.4 is 10.4 Å². The molecule has 1 aromatic rings. The van der Waals surface area contributed by atoms with Crippen LogP contribution in [0.15, 0.2) is 41.3 Å². The molecule has 1 aromatic carbocycles. The number of ether oxygens (including phenoxy) is 1. The number of rotatable bonds is 4. The molecule has 6 heteroatoms. The number of amides is 1. The fourth-order valence-electron chi connectivity index (χ4n) is 2.87. The Balaban J connectivity index is 1.82. The normalized spacial score (nSPS) is 29.6. The Morgan fingerprint density at radius 2 is 1.86 bits per heavy atom. The lowest BCUT2D eigenvalue weighted by Gasteiger charge is -2.25. The number of nitrogens with one attached hydrogen (secondary N) is 1. The fourth-order valence-corrected chi connectivity index (χ4v) is 3.42. The lowest BCUT2D eigenvalue weighted by molar-refractivity contribution is -0.313.